The molecule has 1 rings (SSSR count). The van der Waals surface area contributed by atoms with Crippen molar-refractivity contribution >= 4 is 23.9 Å². The fraction of sp³-hybridized carbons (Fsp3) is 0.600. The fourth-order valence-corrected chi connectivity index (χ4v) is 3.56. The van der Waals surface area contributed by atoms with E-state index in [-0.39, 0.29) is 12.5 Å². The van der Waals surface area contributed by atoms with Crippen LogP contribution >= 0.6 is 0 Å². The Morgan fingerprint density at radius 1 is 1.03 bits per heavy atom. The first-order valence-electron chi connectivity index (χ1n) is 11.3. The van der Waals surface area contributed by atoms with Crippen molar-refractivity contribution in [3.05, 3.63) is 34.9 Å². The molecule has 0 aliphatic carbocycles. The summed E-state index contributed by atoms with van der Waals surface area (Å²) in [6.45, 7) is 12.5. The molecule has 0 spiro atoms. The van der Waals surface area contributed by atoms with E-state index in [2.05, 4.69) is 15.4 Å². The molecule has 9 nitrogen and oxygen atoms in total. The summed E-state index contributed by atoms with van der Waals surface area (Å²) in [7, 11) is 2.73. The summed E-state index contributed by atoms with van der Waals surface area (Å²) < 4.78 is 9.93. The van der Waals surface area contributed by atoms with Crippen LogP contribution in [0, 0.1) is 19.8 Å². The van der Waals surface area contributed by atoms with Crippen molar-refractivity contribution in [2.45, 2.75) is 72.6 Å². The molecule has 2 N–H and O–H groups in total. The van der Waals surface area contributed by atoms with Crippen LogP contribution in [-0.2, 0) is 23.9 Å². The predicted molar refractivity (Wildman–Crippen MR) is 129 cm³/mol. The molecule has 0 saturated carbocycles. The van der Waals surface area contributed by atoms with Crippen molar-refractivity contribution in [3.63, 3.8) is 0 Å². The third-order valence-corrected chi connectivity index (χ3v) is 4.87. The van der Waals surface area contributed by atoms with Crippen LogP contribution in [-0.4, -0.2) is 61.1 Å². The number of ether oxygens (including phenoxy) is 2. The molecular formula is C25H39N3O6. The van der Waals surface area contributed by atoms with Crippen molar-refractivity contribution in [1.82, 2.24) is 15.5 Å². The van der Waals surface area contributed by atoms with Crippen molar-refractivity contribution in [2.24, 2.45) is 5.92 Å². The summed E-state index contributed by atoms with van der Waals surface area (Å²) in [4.78, 5) is 52.0. The van der Waals surface area contributed by atoms with E-state index in [1.165, 1.54) is 19.1 Å². The molecule has 2 atom stereocenters. The predicted octanol–water partition coefficient (Wildman–Crippen LogP) is 3.03. The summed E-state index contributed by atoms with van der Waals surface area (Å²) in [5.74, 6) is -1.50. The van der Waals surface area contributed by atoms with Gasteiger partial charge >= 0.3 is 12.1 Å². The van der Waals surface area contributed by atoms with Gasteiger partial charge in [-0.1, -0.05) is 43.2 Å². The van der Waals surface area contributed by atoms with Gasteiger partial charge in [0.2, 0.25) is 11.8 Å². The molecule has 0 bridgehead atoms. The second-order valence-electron chi connectivity index (χ2n) is 9.90. The number of aryl methyl sites for hydroxylation is 2. The van der Waals surface area contributed by atoms with Crippen molar-refractivity contribution in [2.75, 3.05) is 20.7 Å². The zero-order chi connectivity index (χ0) is 26.2. The van der Waals surface area contributed by atoms with E-state index in [9.17, 15) is 19.2 Å². The lowest BCUT2D eigenvalue weighted by Gasteiger charge is -2.32. The Balaban J connectivity index is 3.30. The molecule has 190 valence electrons. The number of amides is 3. The molecule has 3 amide bonds. The van der Waals surface area contributed by atoms with Gasteiger partial charge in [-0.05, 0) is 52.5 Å². The molecule has 0 fully saturated rings. The van der Waals surface area contributed by atoms with Crippen LogP contribution in [0.5, 0.6) is 0 Å². The minimum atomic E-state index is -1.02. The molecule has 1 aromatic carbocycles. The first-order chi connectivity index (χ1) is 15.6. The Morgan fingerprint density at radius 2 is 1.59 bits per heavy atom. The highest BCUT2D eigenvalue weighted by Crippen LogP contribution is 2.24. The van der Waals surface area contributed by atoms with Crippen LogP contribution in [0.25, 0.3) is 0 Å². The molecule has 0 aliphatic rings. The van der Waals surface area contributed by atoms with Crippen LogP contribution in [0.3, 0.4) is 0 Å². The minimum absolute atomic E-state index is 0.0881. The van der Waals surface area contributed by atoms with Gasteiger partial charge in [-0.25, -0.2) is 4.79 Å². The number of hydrogen-bond acceptors (Lipinski definition) is 6. The van der Waals surface area contributed by atoms with Crippen LogP contribution < -0.4 is 10.6 Å². The zero-order valence-electron chi connectivity index (χ0n) is 21.8. The van der Waals surface area contributed by atoms with Gasteiger partial charge in [-0.15, -0.1) is 0 Å². The van der Waals surface area contributed by atoms with Gasteiger partial charge in [0.05, 0.1) is 7.11 Å². The van der Waals surface area contributed by atoms with Gasteiger partial charge in [0.25, 0.3) is 0 Å². The molecule has 1 aromatic rings. The van der Waals surface area contributed by atoms with Gasteiger partial charge in [0.1, 0.15) is 24.2 Å². The summed E-state index contributed by atoms with van der Waals surface area (Å²) >= 11 is 0. The SMILES string of the molecule is COC(=O)CNC(=O)C(c1cc(C)cc(C)c1)N(C)C(=O)C(CC(C)C)NC(=O)OC(C)(C)C. The summed E-state index contributed by atoms with van der Waals surface area (Å²) in [6.07, 6.45) is -0.357. The van der Waals surface area contributed by atoms with E-state index in [1.54, 1.807) is 20.8 Å². The normalized spacial score (nSPS) is 13.0. The van der Waals surface area contributed by atoms with Crippen molar-refractivity contribution in [1.29, 1.82) is 0 Å². The lowest BCUT2D eigenvalue weighted by atomic mass is 9.97. The molecule has 2 unspecified atom stereocenters. The first kappa shape index (κ1) is 28.9. The lowest BCUT2D eigenvalue weighted by molar-refractivity contribution is -0.144. The second kappa shape index (κ2) is 12.4. The van der Waals surface area contributed by atoms with E-state index >= 15 is 0 Å². The Hall–Kier alpha value is -3.10. The monoisotopic (exact) mass is 477 g/mol. The number of alkyl carbamates (subject to hydrolysis) is 1. The van der Waals surface area contributed by atoms with Crippen molar-refractivity contribution < 1.29 is 28.7 Å². The number of methoxy groups -OCH3 is 1. The molecule has 34 heavy (non-hydrogen) atoms. The van der Waals surface area contributed by atoms with Gasteiger partial charge in [0, 0.05) is 7.05 Å². The summed E-state index contributed by atoms with van der Waals surface area (Å²) in [5, 5.41) is 5.19. The van der Waals surface area contributed by atoms with E-state index in [0.717, 1.165) is 11.1 Å². The third-order valence-electron chi connectivity index (χ3n) is 4.87. The molecule has 0 aromatic heterocycles. The van der Waals surface area contributed by atoms with Crippen molar-refractivity contribution in [3.8, 4) is 0 Å². The number of benzene rings is 1. The van der Waals surface area contributed by atoms with Gasteiger partial charge < -0.3 is 25.0 Å². The highest BCUT2D eigenvalue weighted by atomic mass is 16.6. The summed E-state index contributed by atoms with van der Waals surface area (Å²) in [5.41, 5.74) is 1.72. The van der Waals surface area contributed by atoms with Crippen LogP contribution in [0.15, 0.2) is 18.2 Å². The van der Waals surface area contributed by atoms with Gasteiger partial charge in [-0.2, -0.15) is 0 Å². The fourth-order valence-electron chi connectivity index (χ4n) is 3.56. The lowest BCUT2D eigenvalue weighted by Crippen LogP contribution is -2.52. The Kier molecular flexibility index (Phi) is 10.5. The van der Waals surface area contributed by atoms with Gasteiger partial charge in [-0.3, -0.25) is 14.4 Å². The molecular weight excluding hydrogens is 438 g/mol. The molecule has 0 saturated heterocycles. The highest BCUT2D eigenvalue weighted by molar-refractivity contribution is 5.93. The Labute approximate surface area is 202 Å². The zero-order valence-corrected chi connectivity index (χ0v) is 21.8. The number of likely N-dealkylation sites (N-methyl/N-ethyl adjacent to an activating group) is 1. The molecule has 0 heterocycles. The number of esters is 1. The van der Waals surface area contributed by atoms with E-state index in [4.69, 9.17) is 4.74 Å². The Bertz CT molecular complexity index is 871. The van der Waals surface area contributed by atoms with Gasteiger partial charge in [0.15, 0.2) is 0 Å². The maximum atomic E-state index is 13.5. The Morgan fingerprint density at radius 3 is 2.06 bits per heavy atom. The third kappa shape index (κ3) is 9.41. The minimum Gasteiger partial charge on any atom is -0.468 e. The van der Waals surface area contributed by atoms with E-state index < -0.39 is 41.6 Å². The van der Waals surface area contributed by atoms with Crippen LogP contribution in [0.4, 0.5) is 4.79 Å². The topological polar surface area (TPSA) is 114 Å². The maximum Gasteiger partial charge on any atom is 0.408 e. The average Bonchev–Trinajstić information content (AvgIpc) is 2.68. The van der Waals surface area contributed by atoms with Crippen LogP contribution in [0.2, 0.25) is 0 Å². The van der Waals surface area contributed by atoms with E-state index in [0.29, 0.717) is 12.0 Å². The first-order valence-corrected chi connectivity index (χ1v) is 11.3. The van der Waals surface area contributed by atoms with E-state index in [1.807, 2.05) is 45.9 Å². The average molecular weight is 478 g/mol. The summed E-state index contributed by atoms with van der Waals surface area (Å²) in [6, 6.07) is 3.67. The highest BCUT2D eigenvalue weighted by Gasteiger charge is 2.34. The second-order valence-corrected chi connectivity index (χ2v) is 9.90. The smallest absolute Gasteiger partial charge is 0.408 e. The van der Waals surface area contributed by atoms with Crippen LogP contribution in [0.1, 0.15) is 63.8 Å². The number of rotatable bonds is 9. The number of nitrogens with zero attached hydrogens (tertiary/aromatic N) is 1. The molecule has 0 radical (unpaired) electrons. The number of hydrogen-bond donors (Lipinski definition) is 2. The number of carbonyl (C=O) groups is 4. The number of nitrogens with one attached hydrogen (secondary N) is 2. The quantitative estimate of drug-likeness (QED) is 0.529. The molecule has 9 heteroatoms. The largest absolute Gasteiger partial charge is 0.468 e. The standard InChI is InChI=1S/C25H39N3O6/c1-15(2)10-19(27-24(32)34-25(5,6)7)23(31)28(8)21(22(30)26-14-20(29)33-9)18-12-16(3)11-17(4)13-18/h11-13,15,19,21H,10,14H2,1-9H3,(H,26,30)(H,27,32). The molecule has 0 aliphatic heterocycles. The maximum absolute atomic E-state index is 13.5. The number of carbonyl (C=O) groups excluding carboxylic acids is 4.